The fourth-order valence-electron chi connectivity index (χ4n) is 2.97. The van der Waals surface area contributed by atoms with Gasteiger partial charge in [-0.1, -0.05) is 34.1 Å². The summed E-state index contributed by atoms with van der Waals surface area (Å²) < 4.78 is 12.2. The van der Waals surface area contributed by atoms with Crippen molar-refractivity contribution in [3.05, 3.63) is 85.7 Å². The number of halogens is 1. The number of ketones is 1. The Labute approximate surface area is 174 Å². The molecule has 0 unspecified atom stereocenters. The first-order valence-electron chi connectivity index (χ1n) is 8.57. The number of Topliss-reactive ketones (excluding diaryl/α,β-unsaturated/α-hetero) is 1. The highest BCUT2D eigenvalue weighted by molar-refractivity contribution is 9.10. The van der Waals surface area contributed by atoms with Crippen LogP contribution in [0.15, 0.2) is 64.1 Å². The van der Waals surface area contributed by atoms with Crippen LogP contribution >= 0.6 is 27.3 Å². The molecule has 1 aromatic heterocycles. The quantitative estimate of drug-likeness (QED) is 0.293. The molecular formula is C22H15BrO4S. The van der Waals surface area contributed by atoms with Gasteiger partial charge in [-0.25, -0.2) is 0 Å². The molecule has 2 aromatic carbocycles. The summed E-state index contributed by atoms with van der Waals surface area (Å²) >= 11 is 4.90. The Bertz CT molecular complexity index is 1080. The van der Waals surface area contributed by atoms with Crippen LogP contribution in [0.3, 0.4) is 0 Å². The van der Waals surface area contributed by atoms with E-state index in [-0.39, 0.29) is 23.9 Å². The van der Waals surface area contributed by atoms with E-state index in [1.807, 2.05) is 41.8 Å². The number of benzene rings is 2. The van der Waals surface area contributed by atoms with Gasteiger partial charge in [0.15, 0.2) is 5.76 Å². The standard InChI is InChI=1S/C22H15BrO4S/c1-13-9-16(26-20(24)12-17-3-2-8-28-17)11-18-21(13)22(25)19(27-18)10-14-4-6-15(23)7-5-14/h2-11H,12H2,1H3/b19-10-. The van der Waals surface area contributed by atoms with Crippen LogP contribution in [0.1, 0.15) is 26.4 Å². The molecule has 0 radical (unpaired) electrons. The highest BCUT2D eigenvalue weighted by Crippen LogP contribution is 2.37. The molecule has 6 heteroatoms. The third-order valence-corrected chi connectivity index (χ3v) is 5.65. The molecule has 4 nitrogen and oxygen atoms in total. The third kappa shape index (κ3) is 3.93. The number of hydrogen-bond acceptors (Lipinski definition) is 5. The molecule has 1 aliphatic rings. The maximum Gasteiger partial charge on any atom is 0.316 e. The average molecular weight is 455 g/mol. The van der Waals surface area contributed by atoms with Gasteiger partial charge in [-0.2, -0.15) is 0 Å². The topological polar surface area (TPSA) is 52.6 Å². The number of rotatable bonds is 4. The monoisotopic (exact) mass is 454 g/mol. The molecule has 0 saturated heterocycles. The lowest BCUT2D eigenvalue weighted by Gasteiger charge is -2.07. The summed E-state index contributed by atoms with van der Waals surface area (Å²) in [5.41, 5.74) is 2.07. The number of fused-ring (bicyclic) bond motifs is 1. The van der Waals surface area contributed by atoms with Crippen molar-refractivity contribution in [2.45, 2.75) is 13.3 Å². The van der Waals surface area contributed by atoms with Gasteiger partial charge in [0.1, 0.15) is 11.5 Å². The minimum absolute atomic E-state index is 0.174. The fourth-order valence-corrected chi connectivity index (χ4v) is 3.92. The summed E-state index contributed by atoms with van der Waals surface area (Å²) in [7, 11) is 0. The molecule has 4 rings (SSSR count). The molecule has 0 spiro atoms. The van der Waals surface area contributed by atoms with E-state index in [1.54, 1.807) is 25.1 Å². The zero-order valence-corrected chi connectivity index (χ0v) is 17.3. The van der Waals surface area contributed by atoms with Gasteiger partial charge in [-0.05, 0) is 53.8 Å². The van der Waals surface area contributed by atoms with Crippen molar-refractivity contribution < 1.29 is 19.1 Å². The predicted molar refractivity (Wildman–Crippen MR) is 112 cm³/mol. The van der Waals surface area contributed by atoms with E-state index >= 15 is 0 Å². The van der Waals surface area contributed by atoms with Gasteiger partial charge in [-0.15, -0.1) is 11.3 Å². The zero-order chi connectivity index (χ0) is 19.7. The molecule has 0 atom stereocenters. The predicted octanol–water partition coefficient (Wildman–Crippen LogP) is 5.58. The summed E-state index contributed by atoms with van der Waals surface area (Å²) in [6, 6.07) is 14.6. The van der Waals surface area contributed by atoms with Crippen LogP contribution in [0.5, 0.6) is 11.5 Å². The Kier molecular flexibility index (Phi) is 5.15. The van der Waals surface area contributed by atoms with Crippen molar-refractivity contribution in [3.8, 4) is 11.5 Å². The molecule has 3 aromatic rings. The third-order valence-electron chi connectivity index (χ3n) is 4.24. The number of aryl methyl sites for hydroxylation is 1. The average Bonchev–Trinajstić information content (AvgIpc) is 3.25. The second-order valence-corrected chi connectivity index (χ2v) is 8.28. The van der Waals surface area contributed by atoms with Crippen LogP contribution in [0.2, 0.25) is 0 Å². The first kappa shape index (κ1) is 18.7. The number of allylic oxidation sites excluding steroid dienone is 1. The number of esters is 1. The van der Waals surface area contributed by atoms with Crippen molar-refractivity contribution >= 4 is 45.1 Å². The molecule has 0 fully saturated rings. The van der Waals surface area contributed by atoms with Gasteiger partial charge in [0.2, 0.25) is 5.78 Å². The molecule has 1 aliphatic heterocycles. The van der Waals surface area contributed by atoms with Gasteiger partial charge in [0.25, 0.3) is 0 Å². The molecule has 2 heterocycles. The molecule has 0 amide bonds. The molecule has 0 bridgehead atoms. The number of ether oxygens (including phenoxy) is 2. The van der Waals surface area contributed by atoms with E-state index in [4.69, 9.17) is 9.47 Å². The highest BCUT2D eigenvalue weighted by atomic mass is 79.9. The summed E-state index contributed by atoms with van der Waals surface area (Å²) in [6.45, 7) is 1.80. The SMILES string of the molecule is Cc1cc(OC(=O)Cc2cccs2)cc2c1C(=O)/C(=C/c1ccc(Br)cc1)O2. The largest absolute Gasteiger partial charge is 0.452 e. The van der Waals surface area contributed by atoms with Crippen molar-refractivity contribution in [1.82, 2.24) is 0 Å². The lowest BCUT2D eigenvalue weighted by Crippen LogP contribution is -2.10. The van der Waals surface area contributed by atoms with Crippen molar-refractivity contribution in [1.29, 1.82) is 0 Å². The fraction of sp³-hybridized carbons (Fsp3) is 0.0909. The van der Waals surface area contributed by atoms with Gasteiger partial charge >= 0.3 is 5.97 Å². The van der Waals surface area contributed by atoms with Crippen molar-refractivity contribution in [2.24, 2.45) is 0 Å². The van der Waals surface area contributed by atoms with Crippen LogP contribution in [0, 0.1) is 6.92 Å². The molecule has 0 saturated carbocycles. The van der Waals surface area contributed by atoms with E-state index in [9.17, 15) is 9.59 Å². The smallest absolute Gasteiger partial charge is 0.316 e. The summed E-state index contributed by atoms with van der Waals surface area (Å²) in [5.74, 6) is 0.508. The number of hydrogen-bond donors (Lipinski definition) is 0. The van der Waals surface area contributed by atoms with Crippen LogP contribution < -0.4 is 9.47 Å². The second-order valence-electron chi connectivity index (χ2n) is 6.33. The minimum Gasteiger partial charge on any atom is -0.452 e. The Balaban J connectivity index is 1.55. The lowest BCUT2D eigenvalue weighted by atomic mass is 10.0. The molecule has 0 aliphatic carbocycles. The van der Waals surface area contributed by atoms with Gasteiger partial charge < -0.3 is 9.47 Å². The van der Waals surface area contributed by atoms with E-state index in [0.717, 1.165) is 14.9 Å². The van der Waals surface area contributed by atoms with Gasteiger partial charge in [0.05, 0.1) is 12.0 Å². The Morgan fingerprint density at radius 3 is 2.71 bits per heavy atom. The normalized spacial score (nSPS) is 14.1. The molecule has 0 N–H and O–H groups in total. The highest BCUT2D eigenvalue weighted by Gasteiger charge is 2.30. The van der Waals surface area contributed by atoms with E-state index in [0.29, 0.717) is 22.6 Å². The van der Waals surface area contributed by atoms with Gasteiger partial charge in [0, 0.05) is 15.4 Å². The molecular weight excluding hydrogens is 440 g/mol. The summed E-state index contributed by atoms with van der Waals surface area (Å²) in [6.07, 6.45) is 1.92. The van der Waals surface area contributed by atoms with E-state index < -0.39 is 0 Å². The Morgan fingerprint density at radius 1 is 1.21 bits per heavy atom. The number of carbonyl (C=O) groups excluding carboxylic acids is 2. The first-order valence-corrected chi connectivity index (χ1v) is 10.2. The minimum atomic E-state index is -0.350. The lowest BCUT2D eigenvalue weighted by molar-refractivity contribution is -0.133. The Morgan fingerprint density at radius 2 is 2.00 bits per heavy atom. The van der Waals surface area contributed by atoms with Gasteiger partial charge in [-0.3, -0.25) is 9.59 Å². The molecule has 140 valence electrons. The van der Waals surface area contributed by atoms with Crippen molar-refractivity contribution in [3.63, 3.8) is 0 Å². The van der Waals surface area contributed by atoms with Crippen LogP contribution in [0.25, 0.3) is 6.08 Å². The number of carbonyl (C=O) groups is 2. The Hall–Kier alpha value is -2.70. The van der Waals surface area contributed by atoms with Crippen molar-refractivity contribution in [2.75, 3.05) is 0 Å². The second kappa shape index (κ2) is 7.73. The maximum atomic E-state index is 12.7. The summed E-state index contributed by atoms with van der Waals surface area (Å²) in [5, 5.41) is 1.92. The number of thiophene rings is 1. The van der Waals surface area contributed by atoms with Crippen LogP contribution in [0.4, 0.5) is 0 Å². The maximum absolute atomic E-state index is 12.7. The van der Waals surface area contributed by atoms with E-state index in [1.165, 1.54) is 11.3 Å². The summed E-state index contributed by atoms with van der Waals surface area (Å²) in [4.78, 5) is 25.8. The van der Waals surface area contributed by atoms with E-state index in [2.05, 4.69) is 15.9 Å². The van der Waals surface area contributed by atoms with Crippen LogP contribution in [-0.4, -0.2) is 11.8 Å². The molecule has 28 heavy (non-hydrogen) atoms. The van der Waals surface area contributed by atoms with Crippen LogP contribution in [-0.2, 0) is 11.2 Å². The zero-order valence-electron chi connectivity index (χ0n) is 14.9. The first-order chi connectivity index (χ1) is 13.5.